The van der Waals surface area contributed by atoms with Gasteiger partial charge in [0.25, 0.3) is 15.9 Å². The molecule has 0 spiro atoms. The molecule has 216 valence electrons. The molecule has 0 atom stereocenters. The Hall–Kier alpha value is -5.65. The smallest absolute Gasteiger partial charge is 0.282 e. The second kappa shape index (κ2) is 10.5. The number of anilines is 2. The van der Waals surface area contributed by atoms with E-state index in [1.807, 2.05) is 4.72 Å². The number of aromatic hydroxyl groups is 5. The molecular formula is C23H22N6O11S. The number of pyridine rings is 2. The number of phenolic OH excluding ortho intramolecular Hbond substituents is 4. The van der Waals surface area contributed by atoms with Crippen LogP contribution in [0.2, 0.25) is 0 Å². The molecule has 17 nitrogen and oxygen atoms in total. The molecule has 0 fully saturated rings. The van der Waals surface area contributed by atoms with Crippen LogP contribution in [-0.2, 0) is 10.0 Å². The van der Waals surface area contributed by atoms with E-state index in [4.69, 9.17) is 19.9 Å². The highest BCUT2D eigenvalue weighted by Gasteiger charge is 2.32. The fourth-order valence-corrected chi connectivity index (χ4v) is 4.54. The Morgan fingerprint density at radius 2 is 1.49 bits per heavy atom. The first-order valence-corrected chi connectivity index (χ1v) is 12.6. The summed E-state index contributed by atoms with van der Waals surface area (Å²) in [6, 6.07) is 2.98. The number of nitrogens with two attached hydrogens (primary N) is 1. The van der Waals surface area contributed by atoms with E-state index >= 15 is 0 Å². The van der Waals surface area contributed by atoms with Crippen molar-refractivity contribution in [3.8, 4) is 63.3 Å². The van der Waals surface area contributed by atoms with Gasteiger partial charge in [0.2, 0.25) is 56.5 Å². The minimum atomic E-state index is -4.90. The third-order valence-electron chi connectivity index (χ3n) is 5.61. The van der Waals surface area contributed by atoms with Crippen LogP contribution >= 0.6 is 0 Å². The maximum Gasteiger partial charge on any atom is 0.282 e. The second-order valence-electron chi connectivity index (χ2n) is 8.11. The van der Waals surface area contributed by atoms with Crippen LogP contribution in [0.15, 0.2) is 34.3 Å². The van der Waals surface area contributed by atoms with Crippen LogP contribution in [0.25, 0.3) is 11.4 Å². The number of ether oxygens (including phenoxy) is 3. The Kier molecular flexibility index (Phi) is 7.26. The van der Waals surface area contributed by atoms with Crippen molar-refractivity contribution in [2.75, 3.05) is 24.7 Å². The molecule has 0 bridgehead atoms. The van der Waals surface area contributed by atoms with E-state index in [1.165, 1.54) is 31.5 Å². The maximum absolute atomic E-state index is 13.4. The number of aromatic nitrogens is 4. The van der Waals surface area contributed by atoms with Crippen LogP contribution in [-0.4, -0.2) is 68.1 Å². The van der Waals surface area contributed by atoms with Crippen molar-refractivity contribution in [3.05, 3.63) is 40.3 Å². The molecule has 0 aliphatic carbocycles. The summed E-state index contributed by atoms with van der Waals surface area (Å²) in [6.45, 7) is 1.27. The fraction of sp³-hybridized carbons (Fsp3) is 0.130. The first-order valence-electron chi connectivity index (χ1n) is 11.1. The van der Waals surface area contributed by atoms with Gasteiger partial charge >= 0.3 is 0 Å². The van der Waals surface area contributed by atoms with Gasteiger partial charge in [0, 0.05) is 23.5 Å². The highest BCUT2D eigenvalue weighted by atomic mass is 32.2. The summed E-state index contributed by atoms with van der Waals surface area (Å²) in [6.07, 6.45) is 2.81. The van der Waals surface area contributed by atoms with Gasteiger partial charge in [-0.3, -0.25) is 14.5 Å². The molecule has 41 heavy (non-hydrogen) atoms. The topological polar surface area (TPSA) is 273 Å². The first kappa shape index (κ1) is 28.4. The van der Waals surface area contributed by atoms with E-state index in [-0.39, 0.29) is 17.2 Å². The quantitative estimate of drug-likeness (QED) is 0.106. The van der Waals surface area contributed by atoms with E-state index in [2.05, 4.69) is 19.9 Å². The van der Waals surface area contributed by atoms with Gasteiger partial charge in [-0.1, -0.05) is 0 Å². The summed E-state index contributed by atoms with van der Waals surface area (Å²) in [7, 11) is -2.73. The summed E-state index contributed by atoms with van der Waals surface area (Å²) in [4.78, 5) is 26.8. The summed E-state index contributed by atoms with van der Waals surface area (Å²) >= 11 is 0. The number of hydrogen-bond donors (Lipinski definition) is 8. The molecule has 0 saturated carbocycles. The zero-order chi connectivity index (χ0) is 30.2. The van der Waals surface area contributed by atoms with Gasteiger partial charge in [0.1, 0.15) is 5.82 Å². The molecular weight excluding hydrogens is 568 g/mol. The number of H-pyrrole nitrogens is 1. The number of nitrogens with zero attached hydrogens (tertiary/aromatic N) is 3. The molecule has 3 heterocycles. The first-order chi connectivity index (χ1) is 19.3. The van der Waals surface area contributed by atoms with E-state index in [0.29, 0.717) is 5.56 Å². The predicted octanol–water partition coefficient (Wildman–Crippen LogP) is 1.26. The number of phenols is 4. The number of rotatable bonds is 8. The average Bonchev–Trinajstić information content (AvgIpc) is 2.96. The minimum absolute atomic E-state index is 0.122. The Bertz CT molecular complexity index is 1830. The van der Waals surface area contributed by atoms with Gasteiger partial charge in [-0.05, 0) is 19.1 Å². The van der Waals surface area contributed by atoms with Crippen LogP contribution < -0.4 is 30.1 Å². The molecule has 0 aliphatic rings. The van der Waals surface area contributed by atoms with E-state index in [1.54, 1.807) is 0 Å². The lowest BCUT2D eigenvalue weighted by Crippen LogP contribution is -2.21. The van der Waals surface area contributed by atoms with Crippen LogP contribution in [0, 0.1) is 6.92 Å². The highest BCUT2D eigenvalue weighted by molar-refractivity contribution is 7.92. The minimum Gasteiger partial charge on any atom is -0.502 e. The predicted molar refractivity (Wildman–Crippen MR) is 140 cm³/mol. The molecule has 0 aliphatic heterocycles. The molecule has 9 N–H and O–H groups in total. The van der Waals surface area contributed by atoms with Crippen LogP contribution in [0.3, 0.4) is 0 Å². The monoisotopic (exact) mass is 590 g/mol. The van der Waals surface area contributed by atoms with E-state index in [0.717, 1.165) is 14.2 Å². The highest BCUT2D eigenvalue weighted by Crippen LogP contribution is 2.57. The second-order valence-corrected chi connectivity index (χ2v) is 9.72. The molecule has 4 aromatic rings. The summed E-state index contributed by atoms with van der Waals surface area (Å²) in [5, 5.41) is 49.9. The Morgan fingerprint density at radius 3 is 2.07 bits per heavy atom. The number of methoxy groups -OCH3 is 2. The molecule has 0 unspecified atom stereocenters. The molecule has 0 saturated heterocycles. The van der Waals surface area contributed by atoms with Crippen molar-refractivity contribution < 1.29 is 48.2 Å². The molecule has 0 radical (unpaired) electrons. The SMILES string of the molecule is COc1nc(-c2ccncc2)nc(NS(=O)(=O)c2[nH]c(N)c(C)c(=O)c2O)c1Oc1c(O)c(O)c(O)c(O)c1OC. The number of nitrogen functional groups attached to an aromatic ring is 1. The van der Waals surface area contributed by atoms with Crippen molar-refractivity contribution in [1.82, 2.24) is 19.9 Å². The zero-order valence-corrected chi connectivity index (χ0v) is 22.1. The Morgan fingerprint density at radius 1 is 0.878 bits per heavy atom. The maximum atomic E-state index is 13.4. The van der Waals surface area contributed by atoms with Crippen LogP contribution in [0.5, 0.6) is 51.9 Å². The Balaban J connectivity index is 1.99. The molecule has 4 rings (SSSR count). The van der Waals surface area contributed by atoms with Crippen LogP contribution in [0.4, 0.5) is 11.6 Å². The van der Waals surface area contributed by atoms with Crippen molar-refractivity contribution in [2.24, 2.45) is 0 Å². The van der Waals surface area contributed by atoms with Crippen molar-refractivity contribution in [1.29, 1.82) is 0 Å². The standard InChI is InChI=1S/C23H22N6O11S/c1-8-10(30)15(35)23(26-19(8)24)41(36,37)29-21-18(22(39-3)28-20(27-21)9-4-6-25-7-5-9)40-17-14(34)12(32)11(31)13(33)16(17)38-2/h4-7,31-35H,1-3H3,(H3,24,26,30)(H,27,28,29). The molecule has 18 heteroatoms. The van der Waals surface area contributed by atoms with Gasteiger partial charge < -0.3 is 50.5 Å². The lowest BCUT2D eigenvalue weighted by molar-refractivity contribution is 0.294. The summed E-state index contributed by atoms with van der Waals surface area (Å²) in [5.41, 5.74) is 4.85. The lowest BCUT2D eigenvalue weighted by Gasteiger charge is -2.19. The summed E-state index contributed by atoms with van der Waals surface area (Å²) in [5.74, 6) is -9.42. The lowest BCUT2D eigenvalue weighted by atomic mass is 10.2. The number of sulfonamides is 1. The van der Waals surface area contributed by atoms with Gasteiger partial charge in [0.05, 0.1) is 14.2 Å². The number of benzene rings is 1. The molecule has 0 amide bonds. The summed E-state index contributed by atoms with van der Waals surface area (Å²) < 4.78 is 44.7. The zero-order valence-electron chi connectivity index (χ0n) is 21.3. The van der Waals surface area contributed by atoms with Crippen molar-refractivity contribution in [2.45, 2.75) is 11.9 Å². The van der Waals surface area contributed by atoms with Crippen LogP contribution in [0.1, 0.15) is 5.56 Å². The van der Waals surface area contributed by atoms with Gasteiger partial charge in [-0.15, -0.1) is 0 Å². The van der Waals surface area contributed by atoms with Gasteiger partial charge in [-0.2, -0.15) is 13.4 Å². The van der Waals surface area contributed by atoms with Crippen molar-refractivity contribution in [3.63, 3.8) is 0 Å². The van der Waals surface area contributed by atoms with Gasteiger partial charge in [-0.25, -0.2) is 4.98 Å². The third-order valence-corrected chi connectivity index (χ3v) is 6.90. The fourth-order valence-electron chi connectivity index (χ4n) is 3.45. The number of aromatic amines is 1. The van der Waals surface area contributed by atoms with E-state index < -0.39 is 78.2 Å². The van der Waals surface area contributed by atoms with E-state index in [9.17, 15) is 38.7 Å². The molecule has 3 aromatic heterocycles. The average molecular weight is 591 g/mol. The Labute approximate surface area is 230 Å². The van der Waals surface area contributed by atoms with Gasteiger partial charge in [0.15, 0.2) is 11.6 Å². The molecule has 1 aromatic carbocycles. The largest absolute Gasteiger partial charge is 0.502 e. The van der Waals surface area contributed by atoms with Crippen molar-refractivity contribution >= 4 is 21.7 Å². The number of hydrogen-bond acceptors (Lipinski definition) is 15. The number of nitrogens with one attached hydrogen (secondary N) is 2. The third kappa shape index (κ3) is 4.93. The normalized spacial score (nSPS) is 11.2.